The number of methoxy groups -OCH3 is 1. The molecule has 5 aliphatic rings. The van der Waals surface area contributed by atoms with Gasteiger partial charge < -0.3 is 112 Å². The first-order chi connectivity index (χ1) is 43.1. The van der Waals surface area contributed by atoms with Gasteiger partial charge in [-0.3, -0.25) is 0 Å². The Kier molecular flexibility index (Phi) is 34.2. The molecule has 5 heterocycles. The highest BCUT2D eigenvalue weighted by Gasteiger charge is 2.60. The third-order valence-electron chi connectivity index (χ3n) is 15.7. The maximum atomic E-state index is 13.6. The summed E-state index contributed by atoms with van der Waals surface area (Å²) >= 11 is 0. The van der Waals surface area contributed by atoms with E-state index in [2.05, 4.69) is 30.1 Å². The largest absolute Gasteiger partial charge is 0.479 e. The summed E-state index contributed by atoms with van der Waals surface area (Å²) in [6, 6.07) is -4.44. The van der Waals surface area contributed by atoms with Crippen molar-refractivity contribution >= 4 is 11.9 Å². The Morgan fingerprint density at radius 3 is 1.18 bits per heavy atom. The molecule has 25 atom stereocenters. The number of carbonyl (C=O) groups is 2. The molecule has 5 saturated heterocycles. The van der Waals surface area contributed by atoms with Crippen LogP contribution in [0.15, 0.2) is 15.3 Å². The summed E-state index contributed by atoms with van der Waals surface area (Å²) < 4.78 is 99.5. The summed E-state index contributed by atoms with van der Waals surface area (Å²) in [6.07, 6.45) is -28.3. The van der Waals surface area contributed by atoms with E-state index in [1.807, 2.05) is 41.5 Å². The van der Waals surface area contributed by atoms with Gasteiger partial charge in [0.1, 0.15) is 91.4 Å². The fourth-order valence-electron chi connectivity index (χ4n) is 10.9. The van der Waals surface area contributed by atoms with Gasteiger partial charge in [0.15, 0.2) is 43.7 Å². The number of carboxylic acid groups (broad SMARTS) is 2. The van der Waals surface area contributed by atoms with Crippen molar-refractivity contribution < 1.29 is 121 Å². The molecule has 5 rings (SSSR count). The van der Waals surface area contributed by atoms with Gasteiger partial charge in [0.2, 0.25) is 0 Å². The van der Waals surface area contributed by atoms with Gasteiger partial charge >= 0.3 is 11.9 Å². The zero-order chi connectivity index (χ0) is 65.0. The molecule has 7 N–H and O–H groups in total. The fraction of sp³-hybridized carbons (Fsp3) is 0.964. The van der Waals surface area contributed by atoms with Crippen molar-refractivity contribution in [3.05, 3.63) is 31.3 Å². The molecular formula is C55H95N9O25. The normalized spacial score (nSPS) is 37.4. The lowest BCUT2D eigenvalue weighted by atomic mass is 9.94. The van der Waals surface area contributed by atoms with Crippen LogP contribution in [0.1, 0.15) is 119 Å². The average molecular weight is 1280 g/mol. The predicted molar refractivity (Wildman–Crippen MR) is 305 cm³/mol. The summed E-state index contributed by atoms with van der Waals surface area (Å²) in [6.45, 7) is 9.62. The SMILES string of the molecule is CCCCOC1[C@H](O[C@H]2OC(CO)[C@@H](O[C@@H]3OC(C(=O)O)[C@@H](O[C@@H]4OC(CO)[C@@H](OCCCC)C(OCCCC)[C@@H]4N=[N+]=[N-])C(OCCCC)[C@@H]3OCCCC)C(O)[C@@H]2N=[N+]=[N-])C(C(=O)O)O[C@@H](O[C@@H]2C(CO)O[C@H](OC)C(N=[N+]=[N-])[C@H]2OCCCC)[C@H]1O. The molecule has 5 aliphatic heterocycles. The molecule has 34 heteroatoms. The van der Waals surface area contributed by atoms with Crippen LogP contribution in [0.2, 0.25) is 0 Å². The molecule has 0 radical (unpaired) electrons. The van der Waals surface area contributed by atoms with Crippen LogP contribution in [0.5, 0.6) is 0 Å². The number of hydrogen-bond donors (Lipinski definition) is 7. The summed E-state index contributed by atoms with van der Waals surface area (Å²) in [4.78, 5) is 35.9. The van der Waals surface area contributed by atoms with Crippen LogP contribution in [-0.4, -0.2) is 268 Å². The number of aliphatic carboxylic acids is 2. The van der Waals surface area contributed by atoms with Gasteiger partial charge in [-0.25, -0.2) is 9.59 Å². The maximum Gasteiger partial charge on any atom is 0.335 e. The van der Waals surface area contributed by atoms with E-state index in [4.69, 9.17) is 75.8 Å². The van der Waals surface area contributed by atoms with Crippen LogP contribution in [0.4, 0.5) is 0 Å². The van der Waals surface area contributed by atoms with E-state index in [-0.39, 0.29) is 39.6 Å². The number of aliphatic hydroxyl groups excluding tert-OH is 5. The molecule has 5 fully saturated rings. The van der Waals surface area contributed by atoms with E-state index in [0.29, 0.717) is 64.2 Å². The Labute approximate surface area is 517 Å². The first kappa shape index (κ1) is 75.7. The van der Waals surface area contributed by atoms with Crippen LogP contribution in [0.3, 0.4) is 0 Å². The minimum absolute atomic E-state index is 0.00653. The molecule has 34 nitrogen and oxygen atoms in total. The molecule has 0 bridgehead atoms. The highest BCUT2D eigenvalue weighted by molar-refractivity contribution is 5.74. The van der Waals surface area contributed by atoms with Gasteiger partial charge in [-0.15, -0.1) is 0 Å². The van der Waals surface area contributed by atoms with Crippen LogP contribution < -0.4 is 0 Å². The second-order valence-corrected chi connectivity index (χ2v) is 22.0. The van der Waals surface area contributed by atoms with E-state index >= 15 is 0 Å². The van der Waals surface area contributed by atoms with Crippen molar-refractivity contribution in [2.45, 2.75) is 272 Å². The first-order valence-electron chi connectivity index (χ1n) is 31.0. The highest BCUT2D eigenvalue weighted by atomic mass is 16.8. The molecule has 0 amide bonds. The predicted octanol–water partition coefficient (Wildman–Crippen LogP) is 3.81. The van der Waals surface area contributed by atoms with Gasteiger partial charge in [0.25, 0.3) is 0 Å². The quantitative estimate of drug-likeness (QED) is 0.0198. The van der Waals surface area contributed by atoms with Gasteiger partial charge in [-0.2, -0.15) is 0 Å². The minimum atomic E-state index is -2.12. The molecule has 510 valence electrons. The van der Waals surface area contributed by atoms with E-state index in [0.717, 1.165) is 12.8 Å². The lowest BCUT2D eigenvalue weighted by Crippen LogP contribution is -2.69. The molecule has 0 aromatic rings. The van der Waals surface area contributed by atoms with E-state index in [9.17, 15) is 61.9 Å². The highest BCUT2D eigenvalue weighted by Crippen LogP contribution is 2.40. The first-order valence-corrected chi connectivity index (χ1v) is 31.0. The van der Waals surface area contributed by atoms with Crippen molar-refractivity contribution in [1.29, 1.82) is 0 Å². The Bertz CT molecular complexity index is 2210. The Hall–Kier alpha value is -3.97. The third kappa shape index (κ3) is 20.3. The number of unbranched alkanes of at least 4 members (excludes halogenated alkanes) is 6. The second kappa shape index (κ2) is 40.2. The molecule has 0 spiro atoms. The topological polar surface area (TPSA) is 470 Å². The molecule has 89 heavy (non-hydrogen) atoms. The second-order valence-electron chi connectivity index (χ2n) is 22.0. The Morgan fingerprint density at radius 1 is 0.393 bits per heavy atom. The van der Waals surface area contributed by atoms with Crippen molar-refractivity contribution in [2.24, 2.45) is 15.3 Å². The molecule has 10 unspecified atom stereocenters. The van der Waals surface area contributed by atoms with Crippen molar-refractivity contribution in [2.75, 3.05) is 66.6 Å². The Balaban J connectivity index is 1.51. The van der Waals surface area contributed by atoms with Crippen LogP contribution in [0, 0.1) is 0 Å². The van der Waals surface area contributed by atoms with Crippen molar-refractivity contribution in [3.8, 4) is 0 Å². The number of nitrogens with zero attached hydrogens (tertiary/aromatic N) is 9. The van der Waals surface area contributed by atoms with Crippen LogP contribution in [-0.2, 0) is 85.4 Å². The smallest absolute Gasteiger partial charge is 0.335 e. The number of hydrogen-bond acceptors (Lipinski definition) is 26. The van der Waals surface area contributed by atoms with Crippen LogP contribution >= 0.6 is 0 Å². The Morgan fingerprint density at radius 2 is 0.730 bits per heavy atom. The van der Waals surface area contributed by atoms with E-state index in [1.54, 1.807) is 0 Å². The van der Waals surface area contributed by atoms with Crippen molar-refractivity contribution in [3.63, 3.8) is 0 Å². The molecule has 0 saturated carbocycles. The molecule has 0 aromatic heterocycles. The van der Waals surface area contributed by atoms with Crippen LogP contribution in [0.25, 0.3) is 31.3 Å². The number of carboxylic acids is 2. The maximum absolute atomic E-state index is 13.6. The number of aliphatic hydroxyl groups is 5. The average Bonchev–Trinajstić information content (AvgIpc) is 1.59. The van der Waals surface area contributed by atoms with Gasteiger partial charge in [-0.05, 0) is 55.1 Å². The third-order valence-corrected chi connectivity index (χ3v) is 15.7. The monoisotopic (exact) mass is 1280 g/mol. The van der Waals surface area contributed by atoms with Gasteiger partial charge in [0, 0.05) is 61.5 Å². The summed E-state index contributed by atoms with van der Waals surface area (Å²) in [5.41, 5.74) is 29.5. The molecule has 0 aromatic carbocycles. The zero-order valence-corrected chi connectivity index (χ0v) is 51.8. The number of azide groups is 3. The minimum Gasteiger partial charge on any atom is -0.479 e. The summed E-state index contributed by atoms with van der Waals surface area (Å²) in [7, 11) is 1.28. The summed E-state index contributed by atoms with van der Waals surface area (Å²) in [5, 5.41) is 90.4. The lowest BCUT2D eigenvalue weighted by molar-refractivity contribution is -0.380. The fourth-order valence-corrected chi connectivity index (χ4v) is 10.9. The lowest BCUT2D eigenvalue weighted by Gasteiger charge is -2.51. The molecule has 0 aliphatic carbocycles. The zero-order valence-electron chi connectivity index (χ0n) is 51.8. The van der Waals surface area contributed by atoms with E-state index in [1.165, 1.54) is 7.11 Å². The van der Waals surface area contributed by atoms with Gasteiger partial charge in [0.05, 0.1) is 38.1 Å². The number of rotatable bonds is 41. The van der Waals surface area contributed by atoms with Gasteiger partial charge in [-0.1, -0.05) is 95.4 Å². The molecular weight excluding hydrogens is 1190 g/mol. The van der Waals surface area contributed by atoms with E-state index < -0.39 is 185 Å². The summed E-state index contributed by atoms with van der Waals surface area (Å²) in [5.74, 6) is -3.31. The number of ether oxygens (including phenoxy) is 16. The van der Waals surface area contributed by atoms with Crippen molar-refractivity contribution in [1.82, 2.24) is 0 Å². The standard InChI is InChI=1S/C55H95N9O25/c1-8-14-20-75-38-30(27-66)83-53(34(61-64-58)40(38)76-21-15-9-2)87-45-43(79-24-18-12-5)48(80-25-19-13-6)55(89-47(45)50(72)73)84-37-29(26-65)82-52(32(35(37)68)59-62-56)86-44-42(78-23-17-11-4)36(69)54(88-46(44)49(70)71)85-39-31(28-67)81-51(74-7)33(60-63-57)41(39)77-22-16-10-3/h29-48,51-55,65-69H,8-28H2,1-7H3,(H,70,71)(H,72,73)/t29?,30?,31?,32-,33?,34-,35?,36-,37+,38+,39+,40?,41+,42?,43?,44-,45-,46?,47?,48-,51-,52+,53-,54+,55+/m0/s1.